The van der Waals surface area contributed by atoms with Crippen LogP contribution in [0.2, 0.25) is 5.02 Å². The van der Waals surface area contributed by atoms with Crippen molar-refractivity contribution in [3.8, 4) is 0 Å². The summed E-state index contributed by atoms with van der Waals surface area (Å²) in [6, 6.07) is 14.8. The van der Waals surface area contributed by atoms with Crippen LogP contribution < -0.4 is 4.72 Å². The lowest BCUT2D eigenvalue weighted by atomic mass is 10.0. The van der Waals surface area contributed by atoms with Crippen molar-refractivity contribution in [3.63, 3.8) is 0 Å². The number of sulfonamides is 1. The monoisotopic (exact) mass is 349 g/mol. The molecule has 0 heterocycles. The molecule has 1 aliphatic rings. The molecule has 0 saturated heterocycles. The van der Waals surface area contributed by atoms with E-state index in [2.05, 4.69) is 29.0 Å². The second-order valence-electron chi connectivity index (χ2n) is 6.04. The number of hydrogen-bond acceptors (Lipinski definition) is 2. The Labute approximate surface area is 142 Å². The van der Waals surface area contributed by atoms with Crippen molar-refractivity contribution in [3.05, 3.63) is 64.7 Å². The largest absolute Gasteiger partial charge is 0.240 e. The fourth-order valence-corrected chi connectivity index (χ4v) is 4.35. The Morgan fingerprint density at radius 1 is 1.00 bits per heavy atom. The molecule has 0 bridgehead atoms. The highest BCUT2D eigenvalue weighted by Gasteiger charge is 2.20. The summed E-state index contributed by atoms with van der Waals surface area (Å²) in [7, 11) is -3.44. The second-order valence-corrected chi connectivity index (χ2v) is 8.24. The Balaban J connectivity index is 1.46. The molecule has 1 N–H and O–H groups in total. The molecule has 3 nitrogen and oxygen atoms in total. The van der Waals surface area contributed by atoms with E-state index in [0.717, 1.165) is 25.7 Å². The lowest BCUT2D eigenvalue weighted by molar-refractivity contribution is 0.489. The zero-order valence-corrected chi connectivity index (χ0v) is 14.4. The van der Waals surface area contributed by atoms with Crippen molar-refractivity contribution in [2.75, 3.05) is 6.54 Å². The minimum absolute atomic E-state index is 0.259. The molecular formula is C18H20ClNO2S. The summed E-state index contributed by atoms with van der Waals surface area (Å²) in [5.41, 5.74) is 2.89. The van der Waals surface area contributed by atoms with E-state index >= 15 is 0 Å². The maximum atomic E-state index is 12.2. The van der Waals surface area contributed by atoms with Gasteiger partial charge >= 0.3 is 0 Å². The van der Waals surface area contributed by atoms with E-state index in [-0.39, 0.29) is 4.90 Å². The van der Waals surface area contributed by atoms with Crippen molar-refractivity contribution in [1.82, 2.24) is 4.72 Å². The Bertz CT molecular complexity index is 747. The van der Waals surface area contributed by atoms with Gasteiger partial charge in [0.15, 0.2) is 0 Å². The lowest BCUT2D eigenvalue weighted by Crippen LogP contribution is -2.25. The van der Waals surface area contributed by atoms with Gasteiger partial charge in [0.25, 0.3) is 0 Å². The Morgan fingerprint density at radius 3 is 2.22 bits per heavy atom. The predicted octanol–water partition coefficient (Wildman–Crippen LogP) is 3.81. The van der Waals surface area contributed by atoms with E-state index in [9.17, 15) is 8.42 Å². The molecule has 0 unspecified atom stereocenters. The maximum absolute atomic E-state index is 12.2. The molecule has 23 heavy (non-hydrogen) atoms. The molecule has 0 spiro atoms. The molecule has 2 aromatic carbocycles. The molecule has 0 fully saturated rings. The maximum Gasteiger partial charge on any atom is 0.240 e. The van der Waals surface area contributed by atoms with Crippen LogP contribution in [-0.4, -0.2) is 15.0 Å². The van der Waals surface area contributed by atoms with Gasteiger partial charge < -0.3 is 0 Å². The third kappa shape index (κ3) is 4.14. The summed E-state index contributed by atoms with van der Waals surface area (Å²) in [6.45, 7) is 0.470. The molecule has 5 heteroatoms. The topological polar surface area (TPSA) is 46.2 Å². The summed E-state index contributed by atoms with van der Waals surface area (Å²) in [4.78, 5) is 0.259. The number of benzene rings is 2. The van der Waals surface area contributed by atoms with E-state index in [1.54, 1.807) is 12.1 Å². The van der Waals surface area contributed by atoms with E-state index in [1.165, 1.54) is 23.3 Å². The number of rotatable bonds is 6. The molecule has 0 saturated carbocycles. The van der Waals surface area contributed by atoms with Crippen LogP contribution in [0.4, 0.5) is 0 Å². The number of halogens is 1. The van der Waals surface area contributed by atoms with Gasteiger partial charge in [0.2, 0.25) is 10.0 Å². The molecule has 0 aromatic heterocycles. The highest BCUT2D eigenvalue weighted by molar-refractivity contribution is 7.89. The van der Waals surface area contributed by atoms with Gasteiger partial charge in [-0.1, -0.05) is 35.9 Å². The molecule has 122 valence electrons. The van der Waals surface area contributed by atoms with E-state index in [1.807, 2.05) is 0 Å². The molecule has 3 rings (SSSR count). The van der Waals surface area contributed by atoms with Gasteiger partial charge in [0, 0.05) is 11.6 Å². The van der Waals surface area contributed by atoms with Crippen molar-refractivity contribution in [1.29, 1.82) is 0 Å². The number of hydrogen-bond donors (Lipinski definition) is 1. The van der Waals surface area contributed by atoms with Crippen LogP contribution in [0.5, 0.6) is 0 Å². The van der Waals surface area contributed by atoms with Gasteiger partial charge in [-0.05, 0) is 67.0 Å². The number of nitrogens with one attached hydrogen (secondary N) is 1. The molecule has 1 aliphatic carbocycles. The molecule has 0 aliphatic heterocycles. The van der Waals surface area contributed by atoms with Crippen LogP contribution in [0.15, 0.2) is 53.4 Å². The lowest BCUT2D eigenvalue weighted by Gasteiger charge is -2.10. The van der Waals surface area contributed by atoms with Gasteiger partial charge in [-0.3, -0.25) is 0 Å². The first-order chi connectivity index (χ1) is 11.0. The van der Waals surface area contributed by atoms with Gasteiger partial charge in [-0.15, -0.1) is 0 Å². The van der Waals surface area contributed by atoms with Gasteiger partial charge in [-0.25, -0.2) is 13.1 Å². The van der Waals surface area contributed by atoms with Crippen LogP contribution in [-0.2, 0) is 22.9 Å². The summed E-state index contributed by atoms with van der Waals surface area (Å²) >= 11 is 5.78. The molecule has 0 amide bonds. The van der Waals surface area contributed by atoms with Crippen LogP contribution in [0.25, 0.3) is 0 Å². The van der Waals surface area contributed by atoms with Crippen LogP contribution >= 0.6 is 11.6 Å². The van der Waals surface area contributed by atoms with Gasteiger partial charge in [0.05, 0.1) is 4.90 Å². The van der Waals surface area contributed by atoms with Gasteiger partial charge in [-0.2, -0.15) is 0 Å². The summed E-state index contributed by atoms with van der Waals surface area (Å²) < 4.78 is 27.0. The fourth-order valence-electron chi connectivity index (χ4n) is 3.15. The van der Waals surface area contributed by atoms with Crippen molar-refractivity contribution in [2.24, 2.45) is 5.92 Å². The van der Waals surface area contributed by atoms with Crippen LogP contribution in [0.1, 0.15) is 24.0 Å². The van der Waals surface area contributed by atoms with E-state index in [4.69, 9.17) is 11.6 Å². The molecule has 2 aromatic rings. The average Bonchev–Trinajstić information content (AvgIpc) is 2.95. The van der Waals surface area contributed by atoms with Crippen molar-refractivity contribution >= 4 is 21.6 Å². The minimum atomic E-state index is -3.44. The van der Waals surface area contributed by atoms with Gasteiger partial charge in [0.1, 0.15) is 0 Å². The highest BCUT2D eigenvalue weighted by Crippen LogP contribution is 2.29. The Kier molecular flexibility index (Phi) is 5.05. The van der Waals surface area contributed by atoms with Crippen LogP contribution in [0.3, 0.4) is 0 Å². The molecule has 0 radical (unpaired) electrons. The average molecular weight is 350 g/mol. The summed E-state index contributed by atoms with van der Waals surface area (Å²) in [6.07, 6.45) is 4.11. The number of fused-ring (bicyclic) bond motifs is 1. The first kappa shape index (κ1) is 16.5. The quantitative estimate of drug-likeness (QED) is 0.806. The highest BCUT2D eigenvalue weighted by atomic mass is 35.5. The first-order valence-electron chi connectivity index (χ1n) is 7.86. The third-order valence-electron chi connectivity index (χ3n) is 4.34. The van der Waals surface area contributed by atoms with E-state index in [0.29, 0.717) is 17.5 Å². The predicted molar refractivity (Wildman–Crippen MR) is 93.2 cm³/mol. The van der Waals surface area contributed by atoms with Crippen molar-refractivity contribution < 1.29 is 8.42 Å². The van der Waals surface area contributed by atoms with Crippen LogP contribution in [0, 0.1) is 5.92 Å². The summed E-state index contributed by atoms with van der Waals surface area (Å²) in [5.74, 6) is 0.632. The fraction of sp³-hybridized carbons (Fsp3) is 0.333. The Hall–Kier alpha value is -1.36. The first-order valence-corrected chi connectivity index (χ1v) is 9.73. The summed E-state index contributed by atoms with van der Waals surface area (Å²) in [5, 5.41) is 0.532. The molecular weight excluding hydrogens is 330 g/mol. The third-order valence-corrected chi connectivity index (χ3v) is 6.07. The zero-order chi connectivity index (χ0) is 16.3. The second kappa shape index (κ2) is 7.04. The van der Waals surface area contributed by atoms with Crippen molar-refractivity contribution in [2.45, 2.75) is 30.6 Å². The minimum Gasteiger partial charge on any atom is -0.211 e. The normalized spacial score (nSPS) is 14.8. The Morgan fingerprint density at radius 2 is 1.61 bits per heavy atom. The zero-order valence-electron chi connectivity index (χ0n) is 12.8. The molecule has 0 atom stereocenters. The standard InChI is InChI=1S/C18H20ClNO2S/c19-17-7-9-18(10-8-17)23(21,22)20-11-3-4-14-12-15-5-1-2-6-16(15)13-14/h1-2,5-10,14,20H,3-4,11-13H2. The SMILES string of the molecule is O=S(=O)(NCCCC1Cc2ccccc2C1)c1ccc(Cl)cc1. The smallest absolute Gasteiger partial charge is 0.211 e. The van der Waals surface area contributed by atoms with E-state index < -0.39 is 10.0 Å².